The Morgan fingerprint density at radius 3 is 2.38 bits per heavy atom. The molecule has 40 heavy (non-hydrogen) atoms. The molecule has 0 unspecified atom stereocenters. The lowest BCUT2D eigenvalue weighted by molar-refractivity contribution is -0.137. The number of benzene rings is 2. The number of carbonyl (C=O) groups is 1. The molecule has 1 aliphatic heterocycles. The van der Waals surface area contributed by atoms with E-state index in [1.54, 1.807) is 24.4 Å². The van der Waals surface area contributed by atoms with Crippen molar-refractivity contribution in [2.75, 3.05) is 41.3 Å². The van der Waals surface area contributed by atoms with Crippen LogP contribution in [0.5, 0.6) is 0 Å². The Morgan fingerprint density at radius 1 is 0.900 bits per heavy atom. The summed E-state index contributed by atoms with van der Waals surface area (Å²) in [6.07, 6.45) is -1.95. The molecule has 5 rings (SSSR count). The van der Waals surface area contributed by atoms with Crippen LogP contribution in [0.25, 0.3) is 0 Å². The van der Waals surface area contributed by atoms with Crippen LogP contribution >= 0.6 is 0 Å². The molecule has 1 fully saturated rings. The van der Waals surface area contributed by atoms with E-state index in [0.29, 0.717) is 67.4 Å². The number of Topliss-reactive ketones (excluding diaryl/α,β-unsaturated/α-hetero) is 1. The lowest BCUT2D eigenvalue weighted by Gasteiger charge is -2.36. The molecule has 3 heterocycles. The molecule has 2 aromatic carbocycles. The van der Waals surface area contributed by atoms with Crippen molar-refractivity contribution in [3.8, 4) is 0 Å². The zero-order valence-corrected chi connectivity index (χ0v) is 21.9. The van der Waals surface area contributed by atoms with Gasteiger partial charge in [-0.3, -0.25) is 4.79 Å². The first-order valence-corrected chi connectivity index (χ1v) is 13.0. The van der Waals surface area contributed by atoms with Crippen molar-refractivity contribution < 1.29 is 18.0 Å². The van der Waals surface area contributed by atoms with Crippen LogP contribution in [0.2, 0.25) is 0 Å². The zero-order chi connectivity index (χ0) is 28.1. The van der Waals surface area contributed by atoms with Gasteiger partial charge >= 0.3 is 6.18 Å². The topological polar surface area (TPSA) is 87.1 Å². The molecule has 4 aromatic rings. The van der Waals surface area contributed by atoms with Crippen LogP contribution in [0.15, 0.2) is 72.9 Å². The number of nitrogens with one attached hydrogen (secondary N) is 1. The van der Waals surface area contributed by atoms with Crippen molar-refractivity contribution in [3.63, 3.8) is 0 Å². The molecule has 1 N–H and O–H groups in total. The summed E-state index contributed by atoms with van der Waals surface area (Å²) in [5, 5.41) is 3.10. The van der Waals surface area contributed by atoms with Crippen LogP contribution < -0.4 is 15.1 Å². The van der Waals surface area contributed by atoms with Crippen LogP contribution in [0, 0.1) is 0 Å². The smallest absolute Gasteiger partial charge is 0.368 e. The van der Waals surface area contributed by atoms with Gasteiger partial charge in [-0.05, 0) is 35.9 Å². The number of alkyl halides is 3. The number of carbonyl (C=O) groups excluding carboxylic acids is 1. The predicted molar refractivity (Wildman–Crippen MR) is 147 cm³/mol. The molecular weight excluding hydrogens is 519 g/mol. The molecule has 1 aliphatic rings. The zero-order valence-electron chi connectivity index (χ0n) is 21.9. The fourth-order valence-corrected chi connectivity index (χ4v) is 4.48. The standard InChI is InChI=1S/C29H28F3N7O/c1-2-25-34-27(35-26-18-21(11-12-33-26)24(40)17-20-7-4-3-5-8-20)37-28(36-25)39-15-13-38(14-16-39)23-10-6-9-22(19-23)29(30,31)32/h3-12,18-19H,2,13-17H2,1H3,(H,33,34,35,36,37). The minimum atomic E-state index is -4.38. The van der Waals surface area contributed by atoms with Crippen LogP contribution in [0.3, 0.4) is 0 Å². The molecule has 8 nitrogen and oxygen atoms in total. The number of nitrogens with zero attached hydrogens (tertiary/aromatic N) is 6. The highest BCUT2D eigenvalue weighted by molar-refractivity contribution is 5.98. The summed E-state index contributed by atoms with van der Waals surface area (Å²) < 4.78 is 39.5. The third-order valence-electron chi connectivity index (χ3n) is 6.62. The summed E-state index contributed by atoms with van der Waals surface area (Å²) in [5.74, 6) is 1.79. The summed E-state index contributed by atoms with van der Waals surface area (Å²) >= 11 is 0. The maximum atomic E-state index is 13.2. The second kappa shape index (κ2) is 11.7. The maximum Gasteiger partial charge on any atom is 0.416 e. The molecule has 0 bridgehead atoms. The number of hydrogen-bond donors (Lipinski definition) is 1. The second-order valence-corrected chi connectivity index (χ2v) is 9.39. The van der Waals surface area contributed by atoms with E-state index in [-0.39, 0.29) is 12.2 Å². The van der Waals surface area contributed by atoms with Gasteiger partial charge in [0.1, 0.15) is 11.6 Å². The van der Waals surface area contributed by atoms with Gasteiger partial charge in [-0.25, -0.2) is 4.98 Å². The number of halogens is 3. The van der Waals surface area contributed by atoms with E-state index in [2.05, 4.69) is 25.3 Å². The van der Waals surface area contributed by atoms with Crippen molar-refractivity contribution in [2.45, 2.75) is 25.9 Å². The van der Waals surface area contributed by atoms with E-state index < -0.39 is 11.7 Å². The molecular formula is C29H28F3N7O. The fourth-order valence-electron chi connectivity index (χ4n) is 4.48. The number of aromatic nitrogens is 4. The van der Waals surface area contributed by atoms with Gasteiger partial charge in [0.05, 0.1) is 5.56 Å². The SMILES string of the molecule is CCc1nc(Nc2cc(C(=O)Cc3ccccc3)ccn2)nc(N2CCN(c3cccc(C(F)(F)F)c3)CC2)n1. The molecule has 2 aromatic heterocycles. The van der Waals surface area contributed by atoms with Gasteiger partial charge < -0.3 is 15.1 Å². The molecule has 206 valence electrons. The van der Waals surface area contributed by atoms with E-state index in [0.717, 1.165) is 11.6 Å². The van der Waals surface area contributed by atoms with E-state index in [1.807, 2.05) is 47.1 Å². The first-order valence-electron chi connectivity index (χ1n) is 13.0. The van der Waals surface area contributed by atoms with Crippen LogP contribution in [0.4, 0.5) is 36.6 Å². The average molecular weight is 548 g/mol. The van der Waals surface area contributed by atoms with Gasteiger partial charge in [-0.2, -0.15) is 28.1 Å². The van der Waals surface area contributed by atoms with Crippen molar-refractivity contribution in [3.05, 3.63) is 95.4 Å². The highest BCUT2D eigenvalue weighted by atomic mass is 19.4. The number of pyridine rings is 1. The summed E-state index contributed by atoms with van der Waals surface area (Å²) in [4.78, 5) is 34.7. The number of rotatable bonds is 8. The summed E-state index contributed by atoms with van der Waals surface area (Å²) in [6, 6.07) is 18.3. The van der Waals surface area contributed by atoms with Crippen LogP contribution in [-0.2, 0) is 19.0 Å². The van der Waals surface area contributed by atoms with Crippen LogP contribution in [-0.4, -0.2) is 51.9 Å². The first-order chi connectivity index (χ1) is 19.3. The van der Waals surface area contributed by atoms with E-state index in [4.69, 9.17) is 0 Å². The number of aryl methyl sites for hydroxylation is 1. The Kier molecular flexibility index (Phi) is 7.90. The third kappa shape index (κ3) is 6.53. The van der Waals surface area contributed by atoms with Gasteiger partial charge in [0, 0.05) is 56.5 Å². The molecule has 0 radical (unpaired) electrons. The molecule has 11 heteroatoms. The largest absolute Gasteiger partial charge is 0.416 e. The highest BCUT2D eigenvalue weighted by Gasteiger charge is 2.31. The molecule has 0 spiro atoms. The van der Waals surface area contributed by atoms with E-state index in [1.165, 1.54) is 12.1 Å². The monoisotopic (exact) mass is 547 g/mol. The first kappa shape index (κ1) is 27.0. The second-order valence-electron chi connectivity index (χ2n) is 9.39. The molecule has 0 saturated carbocycles. The van der Waals surface area contributed by atoms with Crippen molar-refractivity contribution in [2.24, 2.45) is 0 Å². The molecule has 1 saturated heterocycles. The number of hydrogen-bond acceptors (Lipinski definition) is 8. The van der Waals surface area contributed by atoms with Gasteiger partial charge in [0.25, 0.3) is 0 Å². The Labute approximate surface area is 229 Å². The van der Waals surface area contributed by atoms with Gasteiger partial charge in [0.2, 0.25) is 11.9 Å². The third-order valence-corrected chi connectivity index (χ3v) is 6.62. The Hall–Kier alpha value is -4.54. The van der Waals surface area contributed by atoms with Gasteiger partial charge in [0.15, 0.2) is 5.78 Å². The number of ketones is 1. The lowest BCUT2D eigenvalue weighted by Crippen LogP contribution is -2.47. The van der Waals surface area contributed by atoms with Crippen molar-refractivity contribution >= 4 is 29.2 Å². The number of anilines is 4. The Bertz CT molecular complexity index is 1470. The fraction of sp³-hybridized carbons (Fsp3) is 0.276. The van der Waals surface area contributed by atoms with Gasteiger partial charge in [-0.1, -0.05) is 43.3 Å². The minimum absolute atomic E-state index is 0.0270. The predicted octanol–water partition coefficient (Wildman–Crippen LogP) is 5.34. The normalized spacial score (nSPS) is 13.8. The molecule has 0 amide bonds. The maximum absolute atomic E-state index is 13.2. The summed E-state index contributed by atoms with van der Waals surface area (Å²) in [5.41, 5.74) is 1.33. The average Bonchev–Trinajstić information content (AvgIpc) is 2.97. The van der Waals surface area contributed by atoms with E-state index >= 15 is 0 Å². The molecule has 0 atom stereocenters. The quantitative estimate of drug-likeness (QED) is 0.296. The lowest BCUT2D eigenvalue weighted by atomic mass is 10.0. The van der Waals surface area contributed by atoms with Gasteiger partial charge in [-0.15, -0.1) is 0 Å². The number of piperazine rings is 1. The van der Waals surface area contributed by atoms with Crippen molar-refractivity contribution in [1.29, 1.82) is 0 Å². The van der Waals surface area contributed by atoms with E-state index in [9.17, 15) is 18.0 Å². The summed E-state index contributed by atoms with van der Waals surface area (Å²) in [6.45, 7) is 4.04. The summed E-state index contributed by atoms with van der Waals surface area (Å²) in [7, 11) is 0. The minimum Gasteiger partial charge on any atom is -0.368 e. The molecule has 0 aliphatic carbocycles. The Balaban J connectivity index is 1.28. The highest BCUT2D eigenvalue weighted by Crippen LogP contribution is 2.32. The Morgan fingerprint density at radius 2 is 1.65 bits per heavy atom. The van der Waals surface area contributed by atoms with Crippen molar-refractivity contribution in [1.82, 2.24) is 19.9 Å². The van der Waals surface area contributed by atoms with Crippen LogP contribution in [0.1, 0.15) is 34.2 Å².